The molecule has 2 aromatic heterocycles. The molecule has 382 valence electrons. The van der Waals surface area contributed by atoms with E-state index in [0.717, 1.165) is 144 Å². The molecule has 0 bridgehead atoms. The van der Waals surface area contributed by atoms with Crippen LogP contribution in [0.5, 0.6) is 5.75 Å². The van der Waals surface area contributed by atoms with Crippen LogP contribution in [-0.2, 0) is 0 Å². The summed E-state index contributed by atoms with van der Waals surface area (Å²) in [7, 11) is 0. The van der Waals surface area contributed by atoms with Gasteiger partial charge in [-0.15, -0.1) is 0 Å². The minimum Gasteiger partial charge on any atom is -0.507 e. The number of fused-ring (bicyclic) bond motifs is 8. The number of benzene rings is 13. The van der Waals surface area contributed by atoms with Gasteiger partial charge >= 0.3 is 0 Å². The second-order valence-corrected chi connectivity index (χ2v) is 20.5. The van der Waals surface area contributed by atoms with Crippen molar-refractivity contribution in [2.75, 3.05) is 9.80 Å². The Kier molecular flexibility index (Phi) is 11.6. The van der Waals surface area contributed by atoms with Crippen LogP contribution in [0.4, 0.5) is 34.1 Å². The first-order valence-electron chi connectivity index (χ1n) is 27.4. The van der Waals surface area contributed by atoms with E-state index in [-0.39, 0.29) is 5.75 Å². The summed E-state index contributed by atoms with van der Waals surface area (Å²) in [5.41, 5.74) is 18.9. The smallest absolute Gasteiger partial charge is 0.159 e. The fraction of sp³-hybridized carbons (Fsp3) is 0. The van der Waals surface area contributed by atoms with Gasteiger partial charge in [0.2, 0.25) is 0 Å². The van der Waals surface area contributed by atoms with E-state index in [9.17, 15) is 5.11 Å². The number of aromatic hydroxyl groups is 1. The van der Waals surface area contributed by atoms with E-state index in [1.807, 2.05) is 60.7 Å². The first-order valence-corrected chi connectivity index (χ1v) is 27.4. The molecule has 15 rings (SSSR count). The maximum absolute atomic E-state index is 12.0. The normalized spacial score (nSPS) is 11.5. The van der Waals surface area contributed by atoms with Crippen LogP contribution in [0.15, 0.2) is 306 Å². The monoisotopic (exact) mass is 1040 g/mol. The molecule has 0 aliphatic heterocycles. The van der Waals surface area contributed by atoms with Gasteiger partial charge in [-0.25, -0.2) is 0 Å². The highest BCUT2D eigenvalue weighted by Crippen LogP contribution is 2.49. The molecule has 0 fully saturated rings. The Morgan fingerprint density at radius 3 is 1.33 bits per heavy atom. The lowest BCUT2D eigenvalue weighted by Gasteiger charge is -2.28. The van der Waals surface area contributed by atoms with Crippen LogP contribution in [0.1, 0.15) is 0 Å². The van der Waals surface area contributed by atoms with Crippen molar-refractivity contribution in [1.29, 1.82) is 0 Å². The SMILES string of the molecule is Oc1c(-c2ccccc2)cccc1-c1cccc(N(c2ccc(-c3ccccc3)cc2)c2cc3oc4cc(N(c5ccc(-c6ccccc6)cc5)c5cccc6c5oc5c(-c7ccccc7)cccc56)ccc4c3c3ccccc23)c1. The minimum atomic E-state index is 0.238. The molecule has 0 saturated carbocycles. The van der Waals surface area contributed by atoms with Crippen LogP contribution < -0.4 is 9.80 Å². The second kappa shape index (κ2) is 19.8. The van der Waals surface area contributed by atoms with Gasteiger partial charge in [-0.05, 0) is 98.9 Å². The van der Waals surface area contributed by atoms with E-state index in [1.165, 1.54) is 0 Å². The lowest BCUT2D eigenvalue weighted by Crippen LogP contribution is -2.10. The topological polar surface area (TPSA) is 53.0 Å². The highest BCUT2D eigenvalue weighted by atomic mass is 16.3. The maximum atomic E-state index is 12.0. The van der Waals surface area contributed by atoms with Crippen LogP contribution in [0.25, 0.3) is 110 Å². The van der Waals surface area contributed by atoms with Crippen LogP contribution in [0.3, 0.4) is 0 Å². The lowest BCUT2D eigenvalue weighted by molar-refractivity contribution is 0.479. The highest BCUT2D eigenvalue weighted by Gasteiger charge is 2.25. The van der Waals surface area contributed by atoms with Gasteiger partial charge in [0, 0.05) is 72.8 Å². The zero-order valence-electron chi connectivity index (χ0n) is 43.9. The van der Waals surface area contributed by atoms with E-state index in [4.69, 9.17) is 8.83 Å². The largest absolute Gasteiger partial charge is 0.507 e. The molecule has 5 heteroatoms. The summed E-state index contributed by atoms with van der Waals surface area (Å²) in [5, 5.41) is 18.2. The number of anilines is 6. The Labute approximate surface area is 468 Å². The molecule has 1 N–H and O–H groups in total. The predicted molar refractivity (Wildman–Crippen MR) is 337 cm³/mol. The molecule has 13 aromatic carbocycles. The molecule has 2 heterocycles. The standard InChI is InChI=1S/C76H50N2O3/c79-74-61(54-23-9-3-10-24-54)31-16-32-62(74)56-27-15-28-59(47-56)78(58-43-39-53(40-44-58)51-21-7-2-8-22-51)70-49-72-73(65-30-14-13-29-64(65)70)68-46-45-60(48-71(68)80-72)77(57-41-37-52(38-42-57)50-19-5-1-6-20-50)69-36-18-35-67-66-34-17-33-63(75(66)81-76(67)69)55-25-11-4-12-26-55/h1-49,79H. The van der Waals surface area contributed by atoms with Gasteiger partial charge < -0.3 is 23.7 Å². The molecule has 81 heavy (non-hydrogen) atoms. The number of furan rings is 2. The fourth-order valence-electron chi connectivity index (χ4n) is 11.9. The van der Waals surface area contributed by atoms with Crippen molar-refractivity contribution in [3.8, 4) is 61.4 Å². The third-order valence-electron chi connectivity index (χ3n) is 15.8. The van der Waals surface area contributed by atoms with Crippen molar-refractivity contribution < 1.29 is 13.9 Å². The molecule has 0 spiro atoms. The average molecular weight is 1040 g/mol. The van der Waals surface area contributed by atoms with Crippen LogP contribution in [0.2, 0.25) is 0 Å². The molecule has 0 amide bonds. The molecular formula is C76H50N2O3. The number of hydrogen-bond donors (Lipinski definition) is 1. The first-order chi connectivity index (χ1) is 40.1. The van der Waals surface area contributed by atoms with Gasteiger partial charge in [0.25, 0.3) is 0 Å². The van der Waals surface area contributed by atoms with Crippen LogP contribution >= 0.6 is 0 Å². The third-order valence-corrected chi connectivity index (χ3v) is 15.8. The molecule has 0 aliphatic rings. The number of phenols is 1. The Morgan fingerprint density at radius 1 is 0.247 bits per heavy atom. The van der Waals surface area contributed by atoms with Gasteiger partial charge in [0.05, 0.1) is 17.1 Å². The Morgan fingerprint density at radius 2 is 0.691 bits per heavy atom. The second-order valence-electron chi connectivity index (χ2n) is 20.5. The summed E-state index contributed by atoms with van der Waals surface area (Å²) in [6.07, 6.45) is 0. The van der Waals surface area contributed by atoms with E-state index in [1.54, 1.807) is 0 Å². The number of phenolic OH excluding ortho intramolecular Hbond substituents is 1. The van der Waals surface area contributed by atoms with Crippen molar-refractivity contribution in [2.24, 2.45) is 0 Å². The van der Waals surface area contributed by atoms with E-state index in [2.05, 4.69) is 246 Å². The minimum absolute atomic E-state index is 0.238. The number of para-hydroxylation sites is 3. The van der Waals surface area contributed by atoms with Gasteiger partial charge in [-0.3, -0.25) is 0 Å². The molecule has 5 nitrogen and oxygen atoms in total. The summed E-state index contributed by atoms with van der Waals surface area (Å²) in [6.45, 7) is 0. The molecular weight excluding hydrogens is 989 g/mol. The molecule has 15 aromatic rings. The number of nitrogens with zero attached hydrogens (tertiary/aromatic N) is 2. The van der Waals surface area contributed by atoms with Gasteiger partial charge in [0.15, 0.2) is 5.58 Å². The van der Waals surface area contributed by atoms with Gasteiger partial charge in [-0.2, -0.15) is 0 Å². The molecule has 0 unspecified atom stereocenters. The lowest BCUT2D eigenvalue weighted by atomic mass is 9.96. The molecule has 0 radical (unpaired) electrons. The zero-order valence-corrected chi connectivity index (χ0v) is 43.9. The van der Waals surface area contributed by atoms with Gasteiger partial charge in [0.1, 0.15) is 22.5 Å². The maximum Gasteiger partial charge on any atom is 0.159 e. The third kappa shape index (κ3) is 8.35. The Bertz CT molecular complexity index is 4800. The van der Waals surface area contributed by atoms with E-state index < -0.39 is 0 Å². The first kappa shape index (κ1) is 47.3. The predicted octanol–water partition coefficient (Wildman–Crippen LogP) is 21.6. The van der Waals surface area contributed by atoms with E-state index in [0.29, 0.717) is 0 Å². The van der Waals surface area contributed by atoms with Crippen molar-refractivity contribution in [3.63, 3.8) is 0 Å². The summed E-state index contributed by atoms with van der Waals surface area (Å²) >= 11 is 0. The van der Waals surface area contributed by atoms with Gasteiger partial charge in [-0.1, -0.05) is 231 Å². The molecule has 0 saturated heterocycles. The Balaban J connectivity index is 0.907. The van der Waals surface area contributed by atoms with E-state index >= 15 is 0 Å². The van der Waals surface area contributed by atoms with Crippen molar-refractivity contribution in [2.45, 2.75) is 0 Å². The van der Waals surface area contributed by atoms with Crippen molar-refractivity contribution in [1.82, 2.24) is 0 Å². The van der Waals surface area contributed by atoms with Crippen molar-refractivity contribution in [3.05, 3.63) is 297 Å². The summed E-state index contributed by atoms with van der Waals surface area (Å²) in [6, 6.07) is 104. The summed E-state index contributed by atoms with van der Waals surface area (Å²) < 4.78 is 14.3. The quantitative estimate of drug-likeness (QED) is 0.140. The number of hydrogen-bond acceptors (Lipinski definition) is 5. The van der Waals surface area contributed by atoms with Crippen LogP contribution in [-0.4, -0.2) is 5.11 Å². The summed E-state index contributed by atoms with van der Waals surface area (Å²) in [4.78, 5) is 4.60. The summed E-state index contributed by atoms with van der Waals surface area (Å²) in [5.74, 6) is 0.238. The molecule has 0 aliphatic carbocycles. The highest BCUT2D eigenvalue weighted by molar-refractivity contribution is 6.23. The molecule has 0 atom stereocenters. The number of rotatable bonds is 11. The van der Waals surface area contributed by atoms with Crippen LogP contribution in [0, 0.1) is 0 Å². The fourth-order valence-corrected chi connectivity index (χ4v) is 11.9. The Hall–Kier alpha value is -10.9. The average Bonchev–Trinajstić information content (AvgIpc) is 4.29. The van der Waals surface area contributed by atoms with Crippen molar-refractivity contribution >= 4 is 88.8 Å². The zero-order chi connectivity index (χ0) is 53.8.